The van der Waals surface area contributed by atoms with E-state index in [1.165, 1.54) is 18.2 Å². The smallest absolute Gasteiger partial charge is 0.300 e. The van der Waals surface area contributed by atoms with Gasteiger partial charge in [-0.1, -0.05) is 30.3 Å². The Bertz CT molecular complexity index is 953. The molecule has 0 saturated heterocycles. The van der Waals surface area contributed by atoms with Crippen LogP contribution in [0.15, 0.2) is 66.1 Å². The van der Waals surface area contributed by atoms with E-state index >= 15 is 0 Å². The lowest BCUT2D eigenvalue weighted by Crippen LogP contribution is -2.42. The third-order valence-corrected chi connectivity index (χ3v) is 5.34. The van der Waals surface area contributed by atoms with Crippen molar-refractivity contribution in [3.05, 3.63) is 77.2 Å². The molecule has 0 saturated carbocycles. The van der Waals surface area contributed by atoms with Gasteiger partial charge in [0.1, 0.15) is 0 Å². The third kappa shape index (κ3) is 3.65. The summed E-state index contributed by atoms with van der Waals surface area (Å²) in [5, 5.41) is 0.983. The van der Waals surface area contributed by atoms with E-state index in [0.717, 1.165) is 22.4 Å². The Balaban J connectivity index is 2.09. The van der Waals surface area contributed by atoms with Gasteiger partial charge in [-0.2, -0.15) is 13.2 Å². The molecule has 1 atom stereocenters. The minimum atomic E-state index is -4.70. The monoisotopic (exact) mass is 381 g/mol. The van der Waals surface area contributed by atoms with Gasteiger partial charge in [0, 0.05) is 11.1 Å². The molecule has 0 spiro atoms. The number of carbonyl (C=O) groups is 1. The second kappa shape index (κ2) is 6.60. The maximum atomic E-state index is 13.3. The number of sulfone groups is 1. The first-order chi connectivity index (χ1) is 12.2. The maximum absolute atomic E-state index is 13.3. The van der Waals surface area contributed by atoms with Crippen LogP contribution in [0.25, 0.3) is 0 Å². The molecular weight excluding hydrogens is 367 g/mol. The number of nitrogens with zero attached hydrogens (tertiary/aromatic N) is 1. The molecule has 4 nitrogen and oxygen atoms in total. The van der Waals surface area contributed by atoms with Crippen molar-refractivity contribution in [2.24, 2.45) is 0 Å². The molecular formula is C18H14F3NO3S. The summed E-state index contributed by atoms with van der Waals surface area (Å²) in [5.74, 6) is -1.28. The number of carbonyl (C=O) groups excluding carboxylic acids is 1. The Kier molecular flexibility index (Phi) is 4.62. The van der Waals surface area contributed by atoms with E-state index in [1.54, 1.807) is 30.3 Å². The van der Waals surface area contributed by atoms with Crippen molar-refractivity contribution in [2.75, 3.05) is 10.7 Å². The molecule has 2 aromatic rings. The van der Waals surface area contributed by atoms with Gasteiger partial charge in [-0.05, 0) is 30.3 Å². The first-order valence-electron chi connectivity index (χ1n) is 7.65. The Morgan fingerprint density at radius 3 is 2.19 bits per heavy atom. The van der Waals surface area contributed by atoms with E-state index in [4.69, 9.17) is 0 Å². The highest BCUT2D eigenvalue weighted by molar-refractivity contribution is 7.94. The fourth-order valence-electron chi connectivity index (χ4n) is 2.81. The number of hydrogen-bond acceptors (Lipinski definition) is 3. The highest BCUT2D eigenvalue weighted by atomic mass is 32.2. The predicted octanol–water partition coefficient (Wildman–Crippen LogP) is 3.66. The molecule has 0 bridgehead atoms. The highest BCUT2D eigenvalue weighted by Gasteiger charge is 2.38. The number of benzene rings is 2. The maximum Gasteiger partial charge on any atom is 0.417 e. The number of amides is 1. The highest BCUT2D eigenvalue weighted by Crippen LogP contribution is 2.34. The summed E-state index contributed by atoms with van der Waals surface area (Å²) in [7, 11) is -3.50. The van der Waals surface area contributed by atoms with Crippen molar-refractivity contribution in [3.63, 3.8) is 0 Å². The van der Waals surface area contributed by atoms with Crippen molar-refractivity contribution >= 4 is 21.4 Å². The SMILES string of the molecule is O=C(c1ccccc1C(F)(F)F)N(c1ccccc1)[C@H]1C=CS(=O)(=O)C1. The van der Waals surface area contributed by atoms with E-state index in [9.17, 15) is 26.4 Å². The second-order valence-corrected chi connectivity index (χ2v) is 7.71. The summed E-state index contributed by atoms with van der Waals surface area (Å²) >= 11 is 0. The van der Waals surface area contributed by atoms with Gasteiger partial charge in [-0.3, -0.25) is 4.79 Å². The van der Waals surface area contributed by atoms with Crippen LogP contribution in [0.4, 0.5) is 18.9 Å². The van der Waals surface area contributed by atoms with Crippen LogP contribution < -0.4 is 4.90 Å². The quantitative estimate of drug-likeness (QED) is 0.815. The molecule has 1 aliphatic heterocycles. The van der Waals surface area contributed by atoms with E-state index in [1.807, 2.05) is 0 Å². The predicted molar refractivity (Wildman–Crippen MR) is 91.4 cm³/mol. The largest absolute Gasteiger partial charge is 0.417 e. The van der Waals surface area contributed by atoms with Crippen LogP contribution in [-0.4, -0.2) is 26.1 Å². The molecule has 0 unspecified atom stereocenters. The van der Waals surface area contributed by atoms with Gasteiger partial charge in [-0.25, -0.2) is 8.42 Å². The Hall–Kier alpha value is -2.61. The fraction of sp³-hybridized carbons (Fsp3) is 0.167. The van der Waals surface area contributed by atoms with E-state index in [-0.39, 0.29) is 5.75 Å². The van der Waals surface area contributed by atoms with Crippen molar-refractivity contribution in [3.8, 4) is 0 Å². The number of alkyl halides is 3. The number of anilines is 1. The van der Waals surface area contributed by atoms with E-state index < -0.39 is 39.1 Å². The molecule has 1 heterocycles. The van der Waals surface area contributed by atoms with E-state index in [2.05, 4.69) is 0 Å². The normalized spacial score (nSPS) is 18.7. The summed E-state index contributed by atoms with van der Waals surface area (Å²) in [5.41, 5.74) is -1.27. The summed E-state index contributed by atoms with van der Waals surface area (Å²) < 4.78 is 63.4. The zero-order valence-electron chi connectivity index (χ0n) is 13.3. The Morgan fingerprint density at radius 2 is 1.62 bits per heavy atom. The molecule has 136 valence electrons. The van der Waals surface area contributed by atoms with E-state index in [0.29, 0.717) is 5.69 Å². The van der Waals surface area contributed by atoms with Gasteiger partial charge in [0.2, 0.25) is 0 Å². The molecule has 2 aromatic carbocycles. The van der Waals surface area contributed by atoms with Crippen LogP contribution >= 0.6 is 0 Å². The van der Waals surface area contributed by atoms with Gasteiger partial charge in [0.15, 0.2) is 9.84 Å². The standard InChI is InChI=1S/C18H14F3NO3S/c19-18(20,21)16-9-5-4-8-15(16)17(23)22(13-6-2-1-3-7-13)14-10-11-26(24,25)12-14/h1-11,14H,12H2/t14-/m0/s1. The van der Waals surface area contributed by atoms with Crippen molar-refractivity contribution in [1.82, 2.24) is 0 Å². The van der Waals surface area contributed by atoms with Crippen LogP contribution in [0.5, 0.6) is 0 Å². The summed E-state index contributed by atoms with van der Waals surface area (Å²) in [6.45, 7) is 0. The van der Waals surface area contributed by atoms with Crippen LogP contribution in [0.3, 0.4) is 0 Å². The van der Waals surface area contributed by atoms with Gasteiger partial charge < -0.3 is 4.90 Å². The molecule has 3 rings (SSSR count). The third-order valence-electron chi connectivity index (χ3n) is 3.96. The molecule has 8 heteroatoms. The fourth-order valence-corrected chi connectivity index (χ4v) is 4.08. The Labute approximate surface area is 148 Å². The lowest BCUT2D eigenvalue weighted by molar-refractivity contribution is -0.137. The lowest BCUT2D eigenvalue weighted by atomic mass is 10.0. The first kappa shape index (κ1) is 18.2. The first-order valence-corrected chi connectivity index (χ1v) is 9.36. The molecule has 0 aromatic heterocycles. The van der Waals surface area contributed by atoms with Crippen LogP contribution in [-0.2, 0) is 16.0 Å². The minimum absolute atomic E-state index is 0.321. The number of para-hydroxylation sites is 1. The molecule has 1 aliphatic rings. The number of hydrogen-bond donors (Lipinski definition) is 0. The number of rotatable bonds is 3. The summed E-state index contributed by atoms with van der Waals surface area (Å²) in [4.78, 5) is 14.1. The molecule has 0 N–H and O–H groups in total. The van der Waals surface area contributed by atoms with Crippen molar-refractivity contribution in [2.45, 2.75) is 12.2 Å². The Morgan fingerprint density at radius 1 is 1.00 bits per heavy atom. The van der Waals surface area contributed by atoms with Gasteiger partial charge in [-0.15, -0.1) is 0 Å². The summed E-state index contributed by atoms with van der Waals surface area (Å²) in [6.07, 6.45) is -3.39. The molecule has 1 amide bonds. The summed E-state index contributed by atoms with van der Waals surface area (Å²) in [6, 6.07) is 11.6. The van der Waals surface area contributed by atoms with Crippen molar-refractivity contribution in [1.29, 1.82) is 0 Å². The second-order valence-electron chi connectivity index (χ2n) is 5.78. The van der Waals surface area contributed by atoms with Gasteiger partial charge >= 0.3 is 6.18 Å². The van der Waals surface area contributed by atoms with Crippen LogP contribution in [0, 0.1) is 0 Å². The van der Waals surface area contributed by atoms with Crippen molar-refractivity contribution < 1.29 is 26.4 Å². The molecule has 26 heavy (non-hydrogen) atoms. The zero-order valence-corrected chi connectivity index (χ0v) is 14.2. The molecule has 0 fully saturated rings. The van der Waals surface area contributed by atoms with Gasteiger partial charge in [0.05, 0.1) is 22.9 Å². The lowest BCUT2D eigenvalue weighted by Gasteiger charge is -2.28. The molecule has 0 aliphatic carbocycles. The minimum Gasteiger partial charge on any atom is -0.300 e. The average molecular weight is 381 g/mol. The van der Waals surface area contributed by atoms with Crippen LogP contribution in [0.1, 0.15) is 15.9 Å². The van der Waals surface area contributed by atoms with Crippen LogP contribution in [0.2, 0.25) is 0 Å². The topological polar surface area (TPSA) is 54.5 Å². The molecule has 0 radical (unpaired) electrons. The average Bonchev–Trinajstić information content (AvgIpc) is 2.95. The zero-order chi connectivity index (χ0) is 18.9. The number of halogens is 3. The van der Waals surface area contributed by atoms with Gasteiger partial charge in [0.25, 0.3) is 5.91 Å².